The standard InChI is InChI=1S/C15H21N3O/c1-4-5-9-19-14-10-13(16-12-17-14)18-8-6-7-15(2,3)11-18/h10,12H,6-9,11H2,1-3H3. The molecule has 0 saturated carbocycles. The topological polar surface area (TPSA) is 38.2 Å². The SMILES string of the molecule is CC#CCOc1cc(N2CCCC(C)(C)C2)ncn1. The third-order valence-corrected chi connectivity index (χ3v) is 3.32. The Hall–Kier alpha value is -1.76. The van der Waals surface area contributed by atoms with Gasteiger partial charge < -0.3 is 9.64 Å². The maximum Gasteiger partial charge on any atom is 0.219 e. The Labute approximate surface area is 115 Å². The molecule has 4 heteroatoms. The molecule has 1 fully saturated rings. The molecule has 1 aromatic heterocycles. The van der Waals surface area contributed by atoms with Crippen LogP contribution in [0.2, 0.25) is 0 Å². The van der Waals surface area contributed by atoms with Gasteiger partial charge in [-0.05, 0) is 25.2 Å². The van der Waals surface area contributed by atoms with E-state index in [4.69, 9.17) is 4.74 Å². The van der Waals surface area contributed by atoms with Crippen LogP contribution in [-0.2, 0) is 0 Å². The van der Waals surface area contributed by atoms with Gasteiger partial charge in [0.05, 0.1) is 0 Å². The first kappa shape index (κ1) is 13.7. The Balaban J connectivity index is 2.06. The molecule has 0 radical (unpaired) electrons. The number of piperidine rings is 1. The first-order valence-electron chi connectivity index (χ1n) is 6.70. The van der Waals surface area contributed by atoms with Crippen molar-refractivity contribution in [1.29, 1.82) is 0 Å². The third kappa shape index (κ3) is 3.85. The minimum atomic E-state index is 0.345. The highest BCUT2D eigenvalue weighted by Crippen LogP contribution is 2.31. The van der Waals surface area contributed by atoms with E-state index in [1.807, 2.05) is 6.07 Å². The van der Waals surface area contributed by atoms with Crippen molar-refractivity contribution in [2.45, 2.75) is 33.6 Å². The van der Waals surface area contributed by atoms with E-state index in [0.717, 1.165) is 18.9 Å². The zero-order valence-electron chi connectivity index (χ0n) is 11.9. The molecular weight excluding hydrogens is 238 g/mol. The summed E-state index contributed by atoms with van der Waals surface area (Å²) in [6, 6.07) is 1.90. The van der Waals surface area contributed by atoms with Crippen LogP contribution < -0.4 is 9.64 Å². The Bertz CT molecular complexity index is 488. The average molecular weight is 259 g/mol. The summed E-state index contributed by atoms with van der Waals surface area (Å²) in [5.74, 6) is 7.20. The number of nitrogens with zero attached hydrogens (tertiary/aromatic N) is 3. The molecule has 0 unspecified atom stereocenters. The first-order chi connectivity index (χ1) is 9.11. The van der Waals surface area contributed by atoms with E-state index in [1.54, 1.807) is 13.3 Å². The third-order valence-electron chi connectivity index (χ3n) is 3.32. The number of hydrogen-bond donors (Lipinski definition) is 0. The predicted octanol–water partition coefficient (Wildman–Crippen LogP) is 2.51. The molecule has 1 aromatic rings. The van der Waals surface area contributed by atoms with Crippen LogP contribution in [0.25, 0.3) is 0 Å². The summed E-state index contributed by atoms with van der Waals surface area (Å²) >= 11 is 0. The second-order valence-electron chi connectivity index (χ2n) is 5.62. The van der Waals surface area contributed by atoms with E-state index in [-0.39, 0.29) is 0 Å². The van der Waals surface area contributed by atoms with Crippen LogP contribution in [0.5, 0.6) is 5.88 Å². The van der Waals surface area contributed by atoms with Crippen molar-refractivity contribution < 1.29 is 4.74 Å². The molecule has 2 heterocycles. The van der Waals surface area contributed by atoms with Crippen LogP contribution in [0.1, 0.15) is 33.6 Å². The molecule has 1 saturated heterocycles. The van der Waals surface area contributed by atoms with Crippen molar-refractivity contribution in [2.75, 3.05) is 24.6 Å². The van der Waals surface area contributed by atoms with Gasteiger partial charge in [-0.1, -0.05) is 19.8 Å². The minimum Gasteiger partial charge on any atom is -0.464 e. The molecule has 0 bridgehead atoms. The van der Waals surface area contributed by atoms with Crippen LogP contribution in [-0.4, -0.2) is 29.7 Å². The minimum absolute atomic E-state index is 0.345. The molecule has 19 heavy (non-hydrogen) atoms. The van der Waals surface area contributed by atoms with Crippen LogP contribution in [0.4, 0.5) is 5.82 Å². The fourth-order valence-corrected chi connectivity index (χ4v) is 2.38. The van der Waals surface area contributed by atoms with Gasteiger partial charge in [0.2, 0.25) is 5.88 Å². The molecule has 1 aliphatic rings. The van der Waals surface area contributed by atoms with Gasteiger partial charge in [0.15, 0.2) is 6.61 Å². The Morgan fingerprint density at radius 3 is 3.00 bits per heavy atom. The average Bonchev–Trinajstić information content (AvgIpc) is 2.38. The Morgan fingerprint density at radius 2 is 2.26 bits per heavy atom. The second kappa shape index (κ2) is 5.92. The van der Waals surface area contributed by atoms with Crippen LogP contribution in [0, 0.1) is 17.3 Å². The van der Waals surface area contributed by atoms with Crippen LogP contribution in [0.3, 0.4) is 0 Å². The zero-order valence-corrected chi connectivity index (χ0v) is 11.9. The molecule has 0 aromatic carbocycles. The van der Waals surface area contributed by atoms with Gasteiger partial charge in [-0.25, -0.2) is 9.97 Å². The predicted molar refractivity (Wildman–Crippen MR) is 76.2 cm³/mol. The summed E-state index contributed by atoms with van der Waals surface area (Å²) in [5, 5.41) is 0. The molecular formula is C15H21N3O. The van der Waals surface area contributed by atoms with Crippen molar-refractivity contribution in [3.63, 3.8) is 0 Å². The van der Waals surface area contributed by atoms with Gasteiger partial charge in [0.25, 0.3) is 0 Å². The summed E-state index contributed by atoms with van der Waals surface area (Å²) in [4.78, 5) is 10.8. The fourth-order valence-electron chi connectivity index (χ4n) is 2.38. The summed E-state index contributed by atoms with van der Waals surface area (Å²) < 4.78 is 5.48. The molecule has 102 valence electrons. The van der Waals surface area contributed by atoms with Crippen LogP contribution in [0.15, 0.2) is 12.4 Å². The second-order valence-corrected chi connectivity index (χ2v) is 5.62. The lowest BCUT2D eigenvalue weighted by atomic mass is 9.84. The van der Waals surface area contributed by atoms with Gasteiger partial charge in [-0.3, -0.25) is 0 Å². The van der Waals surface area contributed by atoms with Crippen molar-refractivity contribution in [3.8, 4) is 17.7 Å². The Kier molecular flexibility index (Phi) is 4.26. The summed E-state index contributed by atoms with van der Waals surface area (Å²) in [5.41, 5.74) is 0.345. The molecule has 0 spiro atoms. The van der Waals surface area contributed by atoms with E-state index in [2.05, 4.69) is 40.6 Å². The van der Waals surface area contributed by atoms with E-state index in [0.29, 0.717) is 17.9 Å². The highest BCUT2D eigenvalue weighted by molar-refractivity contribution is 5.41. The zero-order chi connectivity index (χ0) is 13.7. The molecule has 0 amide bonds. The molecule has 0 atom stereocenters. The maximum absolute atomic E-state index is 5.48. The lowest BCUT2D eigenvalue weighted by Crippen LogP contribution is -2.40. The van der Waals surface area contributed by atoms with E-state index >= 15 is 0 Å². The summed E-state index contributed by atoms with van der Waals surface area (Å²) in [7, 11) is 0. The molecule has 2 rings (SSSR count). The molecule has 0 aliphatic carbocycles. The maximum atomic E-state index is 5.48. The van der Waals surface area contributed by atoms with E-state index in [1.165, 1.54) is 12.8 Å². The number of hydrogen-bond acceptors (Lipinski definition) is 4. The smallest absolute Gasteiger partial charge is 0.219 e. The van der Waals surface area contributed by atoms with E-state index < -0.39 is 0 Å². The summed E-state index contributed by atoms with van der Waals surface area (Å²) in [6.07, 6.45) is 4.03. The van der Waals surface area contributed by atoms with Gasteiger partial charge in [0.1, 0.15) is 12.1 Å². The number of ether oxygens (including phenoxy) is 1. The van der Waals surface area contributed by atoms with Crippen molar-refractivity contribution in [2.24, 2.45) is 5.41 Å². The van der Waals surface area contributed by atoms with Gasteiger partial charge in [0, 0.05) is 19.2 Å². The largest absolute Gasteiger partial charge is 0.464 e. The quantitative estimate of drug-likeness (QED) is 0.782. The molecule has 4 nitrogen and oxygen atoms in total. The van der Waals surface area contributed by atoms with Crippen molar-refractivity contribution in [3.05, 3.63) is 12.4 Å². The van der Waals surface area contributed by atoms with Crippen molar-refractivity contribution in [1.82, 2.24) is 9.97 Å². The van der Waals surface area contributed by atoms with Gasteiger partial charge in [-0.15, -0.1) is 5.92 Å². The number of aromatic nitrogens is 2. The number of rotatable bonds is 3. The summed E-state index contributed by atoms with van der Waals surface area (Å²) in [6.45, 7) is 8.85. The fraction of sp³-hybridized carbons (Fsp3) is 0.600. The monoisotopic (exact) mass is 259 g/mol. The Morgan fingerprint density at radius 1 is 1.42 bits per heavy atom. The highest BCUT2D eigenvalue weighted by atomic mass is 16.5. The molecule has 0 N–H and O–H groups in total. The number of anilines is 1. The normalized spacial score (nSPS) is 17.5. The van der Waals surface area contributed by atoms with E-state index in [9.17, 15) is 0 Å². The molecule has 1 aliphatic heterocycles. The highest BCUT2D eigenvalue weighted by Gasteiger charge is 2.27. The first-order valence-corrected chi connectivity index (χ1v) is 6.70. The van der Waals surface area contributed by atoms with Gasteiger partial charge in [-0.2, -0.15) is 0 Å². The van der Waals surface area contributed by atoms with Gasteiger partial charge >= 0.3 is 0 Å². The van der Waals surface area contributed by atoms with Crippen LogP contribution >= 0.6 is 0 Å². The van der Waals surface area contributed by atoms with Crippen molar-refractivity contribution >= 4 is 5.82 Å². The lowest BCUT2D eigenvalue weighted by Gasteiger charge is -2.38. The lowest BCUT2D eigenvalue weighted by molar-refractivity contribution is 0.291.